The number of likely N-dealkylation sites (tertiary alicyclic amines) is 1. The number of hydrogen-bond donors (Lipinski definition) is 3. The Kier molecular flexibility index (Phi) is 9.74. The summed E-state index contributed by atoms with van der Waals surface area (Å²) < 4.78 is 2.13. The maximum atomic E-state index is 12.7. The van der Waals surface area contributed by atoms with Gasteiger partial charge in [-0.15, -0.1) is 0 Å². The molecule has 2 aromatic carbocycles. The summed E-state index contributed by atoms with van der Waals surface area (Å²) >= 11 is 0. The third-order valence-corrected chi connectivity index (χ3v) is 12.6. The van der Waals surface area contributed by atoms with Crippen molar-refractivity contribution in [1.82, 2.24) is 24.9 Å². The van der Waals surface area contributed by atoms with Gasteiger partial charge in [-0.1, -0.05) is 12.1 Å². The van der Waals surface area contributed by atoms with Gasteiger partial charge in [0.25, 0.3) is 0 Å². The van der Waals surface area contributed by atoms with E-state index in [0.717, 1.165) is 81.3 Å². The summed E-state index contributed by atoms with van der Waals surface area (Å²) in [5.74, 6) is 0.452. The summed E-state index contributed by atoms with van der Waals surface area (Å²) in [6.45, 7) is 8.34. The van der Waals surface area contributed by atoms with Crippen LogP contribution in [0.4, 0.5) is 17.1 Å². The van der Waals surface area contributed by atoms with E-state index in [4.69, 9.17) is 5.10 Å². The van der Waals surface area contributed by atoms with Crippen LogP contribution in [0.2, 0.25) is 0 Å². The number of carbonyl (C=O) groups excluding carboxylic acids is 3. The highest BCUT2D eigenvalue weighted by Gasteiger charge is 2.38. The monoisotopic (exact) mass is 724 g/mol. The number of nitrogens with one attached hydrogen (secondary N) is 2. The van der Waals surface area contributed by atoms with E-state index < -0.39 is 5.60 Å². The molecule has 8 rings (SSSR count). The lowest BCUT2D eigenvalue weighted by Gasteiger charge is -2.39. The number of aromatic nitrogens is 2. The minimum Gasteiger partial charge on any atom is -0.386 e. The molecule has 0 bridgehead atoms. The standard InChI is InChI=1S/C41H56N8O4/c1-41(2,53)32-21-33-29(20-34(32)42-39(51)27-10-11-27)24-49(44-33)31-12-8-26(9-13-31)22-45(3)30-16-18-47(19-17-30)23-28-6-5-7-35-38(28)46(4)25-48(35)36-14-15-37(50)43-40(36)52/h5-7,20-21,24,26-27,30-31,36,53H,8-19,22-23,25H2,1-4H3,(H,42,51)(H,43,50,52)/t26-,31-,36?. The second-order valence-corrected chi connectivity index (χ2v) is 17.1. The Hall–Kier alpha value is -4.00. The first kappa shape index (κ1) is 36.0. The van der Waals surface area contributed by atoms with E-state index in [2.05, 4.69) is 73.4 Å². The number of aliphatic hydroxyl groups is 1. The number of anilines is 3. The van der Waals surface area contributed by atoms with Gasteiger partial charge in [-0.2, -0.15) is 5.10 Å². The average molecular weight is 725 g/mol. The fraction of sp³-hybridized carbons (Fsp3) is 0.610. The first-order valence-electron chi connectivity index (χ1n) is 19.8. The number of rotatable bonds is 10. The number of carbonyl (C=O) groups is 3. The van der Waals surface area contributed by atoms with Crippen molar-refractivity contribution in [2.45, 2.75) is 108 Å². The molecule has 4 heterocycles. The molecule has 3 aromatic rings. The Morgan fingerprint density at radius 2 is 1.79 bits per heavy atom. The molecular formula is C41H56N8O4. The largest absolute Gasteiger partial charge is 0.386 e. The average Bonchev–Trinajstić information content (AvgIpc) is 3.82. The van der Waals surface area contributed by atoms with Gasteiger partial charge < -0.3 is 25.1 Å². The molecule has 4 fully saturated rings. The van der Waals surface area contributed by atoms with Gasteiger partial charge in [-0.05, 0) is 121 Å². The second kappa shape index (κ2) is 14.3. The number of fused-ring (bicyclic) bond motifs is 2. The Morgan fingerprint density at radius 3 is 2.49 bits per heavy atom. The SMILES string of the molecule is CN1CN(C2CCC(=O)NC2=O)c2cccc(CN3CCC(N(C)C[C@H]4CC[C@H](n5cc6cc(NC(=O)C7CC7)c(C(C)(C)O)cc6n5)CC4)CC3)c21. The molecule has 12 nitrogen and oxygen atoms in total. The van der Waals surface area contributed by atoms with E-state index in [0.29, 0.717) is 48.8 Å². The topological polar surface area (TPSA) is 126 Å². The maximum absolute atomic E-state index is 12.7. The molecule has 2 aliphatic carbocycles. The Balaban J connectivity index is 0.830. The van der Waals surface area contributed by atoms with Crippen LogP contribution >= 0.6 is 0 Å². The predicted molar refractivity (Wildman–Crippen MR) is 207 cm³/mol. The van der Waals surface area contributed by atoms with E-state index in [1.165, 1.54) is 24.1 Å². The number of amides is 3. The highest BCUT2D eigenvalue weighted by atomic mass is 16.3. The molecule has 0 spiro atoms. The van der Waals surface area contributed by atoms with Crippen LogP contribution < -0.4 is 20.4 Å². The van der Waals surface area contributed by atoms with Gasteiger partial charge in [0.15, 0.2) is 0 Å². The third kappa shape index (κ3) is 7.55. The summed E-state index contributed by atoms with van der Waals surface area (Å²) in [5, 5.41) is 22.5. The van der Waals surface area contributed by atoms with Crippen LogP contribution in [0.3, 0.4) is 0 Å². The van der Waals surface area contributed by atoms with Gasteiger partial charge in [-0.3, -0.25) is 29.3 Å². The molecule has 2 saturated heterocycles. The van der Waals surface area contributed by atoms with Crippen LogP contribution in [0.1, 0.15) is 95.2 Å². The molecule has 2 saturated carbocycles. The maximum Gasteiger partial charge on any atom is 0.249 e. The third-order valence-electron chi connectivity index (χ3n) is 12.6. The highest BCUT2D eigenvalue weighted by molar-refractivity contribution is 6.02. The summed E-state index contributed by atoms with van der Waals surface area (Å²) in [5.41, 5.74) is 4.76. The lowest BCUT2D eigenvalue weighted by Crippen LogP contribution is -2.53. The fourth-order valence-electron chi connectivity index (χ4n) is 9.37. The molecule has 1 unspecified atom stereocenters. The summed E-state index contributed by atoms with van der Waals surface area (Å²) in [4.78, 5) is 46.7. The molecule has 3 aliphatic heterocycles. The zero-order chi connectivity index (χ0) is 37.0. The van der Waals surface area contributed by atoms with E-state index in [-0.39, 0.29) is 29.7 Å². The smallest absolute Gasteiger partial charge is 0.249 e. The lowest BCUT2D eigenvalue weighted by molar-refractivity contribution is -0.134. The number of nitrogens with zero attached hydrogens (tertiary/aromatic N) is 6. The molecule has 284 valence electrons. The molecule has 1 atom stereocenters. The molecule has 53 heavy (non-hydrogen) atoms. The van der Waals surface area contributed by atoms with Crippen LogP contribution in [0, 0.1) is 11.8 Å². The van der Waals surface area contributed by atoms with Crippen molar-refractivity contribution in [3.63, 3.8) is 0 Å². The van der Waals surface area contributed by atoms with Crippen molar-refractivity contribution >= 4 is 45.7 Å². The Morgan fingerprint density at radius 1 is 1.04 bits per heavy atom. The van der Waals surface area contributed by atoms with Crippen molar-refractivity contribution < 1.29 is 19.5 Å². The minimum atomic E-state index is -1.09. The van der Waals surface area contributed by atoms with Gasteiger partial charge >= 0.3 is 0 Å². The van der Waals surface area contributed by atoms with Crippen LogP contribution in [0.15, 0.2) is 36.5 Å². The number of piperidine rings is 2. The minimum absolute atomic E-state index is 0.0424. The summed E-state index contributed by atoms with van der Waals surface area (Å²) in [6.07, 6.45) is 11.8. The first-order chi connectivity index (χ1) is 25.4. The number of para-hydroxylation sites is 1. The van der Waals surface area contributed by atoms with Crippen molar-refractivity contribution in [1.29, 1.82) is 0 Å². The van der Waals surface area contributed by atoms with Gasteiger partial charge in [-0.25, -0.2) is 0 Å². The number of benzene rings is 2. The zero-order valence-corrected chi connectivity index (χ0v) is 31.8. The van der Waals surface area contributed by atoms with Crippen molar-refractivity contribution in [3.05, 3.63) is 47.7 Å². The predicted octanol–water partition coefficient (Wildman–Crippen LogP) is 4.96. The molecule has 5 aliphatic rings. The van der Waals surface area contributed by atoms with Gasteiger partial charge in [0.1, 0.15) is 6.04 Å². The van der Waals surface area contributed by atoms with Crippen molar-refractivity contribution in [2.24, 2.45) is 11.8 Å². The normalized spacial score (nSPS) is 24.6. The molecule has 12 heteroatoms. The van der Waals surface area contributed by atoms with Crippen LogP contribution in [0.25, 0.3) is 10.9 Å². The Labute approximate surface area is 312 Å². The Bertz CT molecular complexity index is 1860. The lowest BCUT2D eigenvalue weighted by atomic mass is 9.85. The van der Waals surface area contributed by atoms with Crippen LogP contribution in [-0.4, -0.2) is 94.9 Å². The van der Waals surface area contributed by atoms with Crippen molar-refractivity contribution in [3.8, 4) is 0 Å². The van der Waals surface area contributed by atoms with E-state index in [1.807, 2.05) is 12.1 Å². The number of imide groups is 1. The molecule has 3 amide bonds. The quantitative estimate of drug-likeness (QED) is 0.249. The molecule has 3 N–H and O–H groups in total. The van der Waals surface area contributed by atoms with Crippen LogP contribution in [-0.2, 0) is 26.5 Å². The van der Waals surface area contributed by atoms with Crippen molar-refractivity contribution in [2.75, 3.05) is 55.5 Å². The summed E-state index contributed by atoms with van der Waals surface area (Å²) in [6, 6.07) is 11.0. The fourth-order valence-corrected chi connectivity index (χ4v) is 9.37. The van der Waals surface area contributed by atoms with Gasteiger partial charge in [0.05, 0.1) is 35.2 Å². The molecular weight excluding hydrogens is 669 g/mol. The van der Waals surface area contributed by atoms with E-state index in [1.54, 1.807) is 13.8 Å². The van der Waals surface area contributed by atoms with Crippen LogP contribution in [0.5, 0.6) is 0 Å². The van der Waals surface area contributed by atoms with Gasteiger partial charge in [0.2, 0.25) is 17.7 Å². The highest BCUT2D eigenvalue weighted by Crippen LogP contribution is 2.41. The zero-order valence-electron chi connectivity index (χ0n) is 31.8. The summed E-state index contributed by atoms with van der Waals surface area (Å²) in [7, 11) is 4.41. The number of hydrogen-bond acceptors (Lipinski definition) is 9. The van der Waals surface area contributed by atoms with E-state index >= 15 is 0 Å². The second-order valence-electron chi connectivity index (χ2n) is 17.1. The molecule has 1 aromatic heterocycles. The van der Waals surface area contributed by atoms with E-state index in [9.17, 15) is 19.5 Å². The first-order valence-corrected chi connectivity index (χ1v) is 19.8. The van der Waals surface area contributed by atoms with Gasteiger partial charge in [0, 0.05) is 61.4 Å². The molecule has 0 radical (unpaired) electrons.